The molecule has 33 heavy (non-hydrogen) atoms. The number of pyridine rings is 1. The van der Waals surface area contributed by atoms with E-state index in [1.165, 1.54) is 37.8 Å². The van der Waals surface area contributed by atoms with E-state index < -0.39 is 0 Å². The van der Waals surface area contributed by atoms with Crippen molar-refractivity contribution < 1.29 is 13.9 Å². The van der Waals surface area contributed by atoms with Crippen LogP contribution in [0.4, 0.5) is 4.39 Å². The first kappa shape index (κ1) is 20.3. The number of carbonyl (C=O) groups is 1. The summed E-state index contributed by atoms with van der Waals surface area (Å²) in [4.78, 5) is 28.9. The molecule has 1 unspecified atom stereocenters. The Bertz CT molecular complexity index is 1170. The number of benzene rings is 1. The highest BCUT2D eigenvalue weighted by atomic mass is 19.1. The van der Waals surface area contributed by atoms with Gasteiger partial charge in [-0.1, -0.05) is 12.8 Å². The van der Waals surface area contributed by atoms with Crippen LogP contribution in [0.5, 0.6) is 11.6 Å². The fourth-order valence-corrected chi connectivity index (χ4v) is 5.47. The van der Waals surface area contributed by atoms with E-state index in [1.54, 1.807) is 24.5 Å². The highest BCUT2D eigenvalue weighted by Crippen LogP contribution is 2.56. The normalized spacial score (nSPS) is 23.4. The molecule has 0 radical (unpaired) electrons. The SMILES string of the molecule is O=C(C1[C@H]2CCCC[C@@H]12)N1CCc2nc(-c3ccncc3)nc(Oc3ccc(F)cc3)c2C1. The molecule has 1 aromatic carbocycles. The molecule has 7 heteroatoms. The van der Waals surface area contributed by atoms with Crippen LogP contribution >= 0.6 is 0 Å². The molecule has 3 atom stereocenters. The number of hydrogen-bond donors (Lipinski definition) is 0. The molecule has 0 saturated heterocycles. The summed E-state index contributed by atoms with van der Waals surface area (Å²) in [5.41, 5.74) is 2.57. The van der Waals surface area contributed by atoms with Gasteiger partial charge in [0.05, 0.1) is 17.8 Å². The summed E-state index contributed by atoms with van der Waals surface area (Å²) in [6, 6.07) is 9.59. The van der Waals surface area contributed by atoms with Crippen molar-refractivity contribution in [2.24, 2.45) is 17.8 Å². The Balaban J connectivity index is 1.32. The molecule has 2 aliphatic carbocycles. The van der Waals surface area contributed by atoms with Gasteiger partial charge in [0.15, 0.2) is 5.82 Å². The third kappa shape index (κ3) is 3.86. The number of amides is 1. The minimum absolute atomic E-state index is 0.188. The van der Waals surface area contributed by atoms with Gasteiger partial charge in [-0.25, -0.2) is 9.37 Å². The van der Waals surface area contributed by atoms with Gasteiger partial charge < -0.3 is 9.64 Å². The molecular formula is C26H25FN4O2. The number of aromatic nitrogens is 3. The summed E-state index contributed by atoms with van der Waals surface area (Å²) in [7, 11) is 0. The van der Waals surface area contributed by atoms with E-state index in [0.29, 0.717) is 48.8 Å². The largest absolute Gasteiger partial charge is 0.439 e. The van der Waals surface area contributed by atoms with Crippen LogP contribution in [0, 0.1) is 23.6 Å². The molecule has 0 N–H and O–H groups in total. The van der Waals surface area contributed by atoms with Gasteiger partial charge >= 0.3 is 0 Å². The second-order valence-electron chi connectivity index (χ2n) is 9.22. The van der Waals surface area contributed by atoms with E-state index in [2.05, 4.69) is 4.98 Å². The van der Waals surface area contributed by atoms with Crippen molar-refractivity contribution in [1.29, 1.82) is 0 Å². The Hall–Kier alpha value is -3.35. The van der Waals surface area contributed by atoms with Crippen molar-refractivity contribution >= 4 is 5.91 Å². The molecule has 0 spiro atoms. The topological polar surface area (TPSA) is 68.2 Å². The molecule has 168 valence electrons. The smallest absolute Gasteiger partial charge is 0.228 e. The van der Waals surface area contributed by atoms with E-state index in [4.69, 9.17) is 14.7 Å². The molecular weight excluding hydrogens is 419 g/mol. The average Bonchev–Trinajstić information content (AvgIpc) is 3.59. The first-order valence-corrected chi connectivity index (χ1v) is 11.7. The molecule has 2 saturated carbocycles. The van der Waals surface area contributed by atoms with Crippen molar-refractivity contribution in [3.63, 3.8) is 0 Å². The predicted molar refractivity (Wildman–Crippen MR) is 120 cm³/mol. The minimum Gasteiger partial charge on any atom is -0.439 e. The molecule has 2 fully saturated rings. The molecule has 2 aromatic heterocycles. The number of rotatable bonds is 4. The van der Waals surface area contributed by atoms with Crippen molar-refractivity contribution in [3.8, 4) is 23.0 Å². The van der Waals surface area contributed by atoms with Gasteiger partial charge in [0, 0.05) is 36.8 Å². The van der Waals surface area contributed by atoms with Gasteiger partial charge in [-0.2, -0.15) is 4.98 Å². The van der Waals surface area contributed by atoms with E-state index in [0.717, 1.165) is 16.8 Å². The van der Waals surface area contributed by atoms with Gasteiger partial charge in [0.2, 0.25) is 11.8 Å². The number of fused-ring (bicyclic) bond motifs is 2. The number of ether oxygens (including phenoxy) is 1. The summed E-state index contributed by atoms with van der Waals surface area (Å²) in [6.45, 7) is 1.10. The second-order valence-corrected chi connectivity index (χ2v) is 9.22. The molecule has 6 nitrogen and oxygen atoms in total. The van der Waals surface area contributed by atoms with Crippen molar-refractivity contribution in [2.45, 2.75) is 38.6 Å². The summed E-state index contributed by atoms with van der Waals surface area (Å²) in [6.07, 6.45) is 8.92. The van der Waals surface area contributed by atoms with Gasteiger partial charge in [0.25, 0.3) is 0 Å². The van der Waals surface area contributed by atoms with Crippen LogP contribution in [0.25, 0.3) is 11.4 Å². The van der Waals surface area contributed by atoms with Crippen molar-refractivity contribution in [2.75, 3.05) is 6.54 Å². The van der Waals surface area contributed by atoms with Crippen LogP contribution in [0.3, 0.4) is 0 Å². The lowest BCUT2D eigenvalue weighted by atomic mass is 10.0. The molecule has 1 aliphatic heterocycles. The summed E-state index contributed by atoms with van der Waals surface area (Å²) >= 11 is 0. The molecule has 6 rings (SSSR count). The standard InChI is InChI=1S/C26H25FN4O2/c27-17-5-7-18(8-6-17)33-25-21-15-31(26(32)23-19-3-1-2-4-20(19)23)14-11-22(21)29-24(30-25)16-9-12-28-13-10-16/h5-10,12-13,19-20,23H,1-4,11,14-15H2/t19-,20+,23?. The first-order chi connectivity index (χ1) is 16.2. The molecule has 3 heterocycles. The van der Waals surface area contributed by atoms with Gasteiger partial charge in [-0.15, -0.1) is 0 Å². The summed E-state index contributed by atoms with van der Waals surface area (Å²) in [5, 5.41) is 0. The lowest BCUT2D eigenvalue weighted by molar-refractivity contribution is -0.134. The zero-order valence-electron chi connectivity index (χ0n) is 18.3. The van der Waals surface area contributed by atoms with E-state index in [9.17, 15) is 9.18 Å². The van der Waals surface area contributed by atoms with Crippen LogP contribution in [0.2, 0.25) is 0 Å². The summed E-state index contributed by atoms with van der Waals surface area (Å²) in [5.74, 6) is 2.75. The van der Waals surface area contributed by atoms with Crippen LogP contribution in [0.1, 0.15) is 36.9 Å². The molecule has 3 aromatic rings. The van der Waals surface area contributed by atoms with E-state index in [-0.39, 0.29) is 17.6 Å². The fourth-order valence-electron chi connectivity index (χ4n) is 5.47. The highest BCUT2D eigenvalue weighted by molar-refractivity contribution is 5.82. The van der Waals surface area contributed by atoms with Crippen LogP contribution < -0.4 is 4.74 Å². The van der Waals surface area contributed by atoms with Crippen molar-refractivity contribution in [3.05, 3.63) is 65.9 Å². The zero-order valence-corrected chi connectivity index (χ0v) is 18.3. The molecule has 1 amide bonds. The van der Waals surface area contributed by atoms with Gasteiger partial charge in [0.1, 0.15) is 11.6 Å². The second kappa shape index (κ2) is 8.21. The Morgan fingerprint density at radius 3 is 2.45 bits per heavy atom. The van der Waals surface area contributed by atoms with Crippen molar-refractivity contribution in [1.82, 2.24) is 19.9 Å². The number of nitrogens with zero attached hydrogens (tertiary/aromatic N) is 4. The summed E-state index contributed by atoms with van der Waals surface area (Å²) < 4.78 is 19.5. The lowest BCUT2D eigenvalue weighted by Gasteiger charge is -2.30. The van der Waals surface area contributed by atoms with Gasteiger partial charge in [-0.05, 0) is 61.1 Å². The van der Waals surface area contributed by atoms with E-state index >= 15 is 0 Å². The highest BCUT2D eigenvalue weighted by Gasteiger charge is 2.56. The van der Waals surface area contributed by atoms with Gasteiger partial charge in [-0.3, -0.25) is 9.78 Å². The Labute approximate surface area is 191 Å². The van der Waals surface area contributed by atoms with E-state index in [1.807, 2.05) is 17.0 Å². The fraction of sp³-hybridized carbons (Fsp3) is 0.385. The maximum absolute atomic E-state index is 13.4. The number of hydrogen-bond acceptors (Lipinski definition) is 5. The maximum Gasteiger partial charge on any atom is 0.228 e. The first-order valence-electron chi connectivity index (χ1n) is 11.7. The quantitative estimate of drug-likeness (QED) is 0.579. The maximum atomic E-state index is 13.4. The van der Waals surface area contributed by atoms with Crippen LogP contribution in [-0.4, -0.2) is 32.3 Å². The third-order valence-electron chi connectivity index (χ3n) is 7.24. The van der Waals surface area contributed by atoms with Crippen LogP contribution in [-0.2, 0) is 17.8 Å². The third-order valence-corrected chi connectivity index (χ3v) is 7.24. The molecule has 0 bridgehead atoms. The Morgan fingerprint density at radius 2 is 1.73 bits per heavy atom. The minimum atomic E-state index is -0.327. The number of carbonyl (C=O) groups excluding carboxylic acids is 1. The molecule has 3 aliphatic rings. The monoisotopic (exact) mass is 444 g/mol. The Morgan fingerprint density at radius 1 is 1.00 bits per heavy atom. The van der Waals surface area contributed by atoms with Crippen LogP contribution in [0.15, 0.2) is 48.8 Å². The number of halogens is 1. The average molecular weight is 445 g/mol. The Kier molecular flexibility index (Phi) is 5.04. The zero-order chi connectivity index (χ0) is 22.4. The predicted octanol–water partition coefficient (Wildman–Crippen LogP) is 4.79. The lowest BCUT2D eigenvalue weighted by Crippen LogP contribution is -2.38.